The van der Waals surface area contributed by atoms with Gasteiger partial charge in [-0.1, -0.05) is 11.3 Å². The van der Waals surface area contributed by atoms with Gasteiger partial charge in [-0.25, -0.2) is 4.79 Å². The number of aromatic nitrogens is 1. The molecule has 2 amide bonds. The zero-order valence-electron chi connectivity index (χ0n) is 10.8. The maximum atomic E-state index is 11.7. The van der Waals surface area contributed by atoms with E-state index in [4.69, 9.17) is 4.74 Å². The minimum absolute atomic E-state index is 0.0606. The van der Waals surface area contributed by atoms with Crippen molar-refractivity contribution in [1.29, 1.82) is 0 Å². The third-order valence-electron chi connectivity index (χ3n) is 3.26. The largest absolute Gasteiger partial charge is 0.481 e. The first-order chi connectivity index (χ1) is 9.41. The van der Waals surface area contributed by atoms with E-state index in [0.29, 0.717) is 5.69 Å². The third-order valence-corrected chi connectivity index (χ3v) is 3.98. The number of aromatic amines is 1. The maximum Gasteiger partial charge on any atom is 0.315 e. The number of carboxylic acid groups (broad SMARTS) is 1. The highest BCUT2D eigenvalue weighted by atomic mass is 32.1. The lowest BCUT2D eigenvalue weighted by molar-refractivity contribution is -0.148. The molecule has 0 radical (unpaired) electrons. The van der Waals surface area contributed by atoms with E-state index in [1.165, 1.54) is 6.92 Å². The summed E-state index contributed by atoms with van der Waals surface area (Å²) >= 11 is 1.01. The van der Waals surface area contributed by atoms with Crippen molar-refractivity contribution in [2.75, 3.05) is 13.2 Å². The Balaban J connectivity index is 1.88. The predicted octanol–water partition coefficient (Wildman–Crippen LogP) is -0.275. The smallest absolute Gasteiger partial charge is 0.315 e. The number of aliphatic carboxylic acids is 1. The summed E-state index contributed by atoms with van der Waals surface area (Å²) in [4.78, 5) is 36.2. The summed E-state index contributed by atoms with van der Waals surface area (Å²) in [5, 5.41) is 15.9. The summed E-state index contributed by atoms with van der Waals surface area (Å²) in [6.45, 7) is 1.92. The topological polar surface area (TPSA) is 121 Å². The minimum atomic E-state index is -1.13. The van der Waals surface area contributed by atoms with E-state index < -0.39 is 23.5 Å². The van der Waals surface area contributed by atoms with Crippen LogP contribution in [0.1, 0.15) is 12.6 Å². The number of urea groups is 1. The average Bonchev–Trinajstić information content (AvgIpc) is 2.95. The molecule has 4 N–H and O–H groups in total. The Labute approximate surface area is 118 Å². The van der Waals surface area contributed by atoms with Gasteiger partial charge in [-0.3, -0.25) is 9.59 Å². The van der Waals surface area contributed by atoms with Crippen molar-refractivity contribution in [2.45, 2.75) is 19.5 Å². The molecule has 9 heteroatoms. The summed E-state index contributed by atoms with van der Waals surface area (Å²) in [7, 11) is 0. The fraction of sp³-hybridized carbons (Fsp3) is 0.545. The van der Waals surface area contributed by atoms with Crippen LogP contribution in [-0.4, -0.2) is 41.3 Å². The summed E-state index contributed by atoms with van der Waals surface area (Å²) in [6, 6.07) is -1.10. The van der Waals surface area contributed by atoms with Crippen LogP contribution in [0.4, 0.5) is 4.79 Å². The first kappa shape index (κ1) is 14.5. The van der Waals surface area contributed by atoms with E-state index in [0.717, 1.165) is 11.3 Å². The number of rotatable bonds is 4. The SMILES string of the molecule is CC1(C(=O)O)COCC1NC(=O)NCc1csc(=O)[nH]1. The summed E-state index contributed by atoms with van der Waals surface area (Å²) < 4.78 is 5.13. The second-order valence-corrected chi connectivity index (χ2v) is 5.63. The van der Waals surface area contributed by atoms with Gasteiger partial charge in [0, 0.05) is 11.1 Å². The number of hydrogen-bond donors (Lipinski definition) is 4. The van der Waals surface area contributed by atoms with Crippen LogP contribution in [-0.2, 0) is 16.1 Å². The highest BCUT2D eigenvalue weighted by Crippen LogP contribution is 2.28. The molecule has 8 nitrogen and oxygen atoms in total. The number of H-pyrrole nitrogens is 1. The monoisotopic (exact) mass is 301 g/mol. The Morgan fingerprint density at radius 2 is 2.40 bits per heavy atom. The molecule has 0 bridgehead atoms. The molecule has 110 valence electrons. The van der Waals surface area contributed by atoms with Crippen molar-refractivity contribution in [3.05, 3.63) is 20.7 Å². The highest BCUT2D eigenvalue weighted by molar-refractivity contribution is 7.07. The molecular weight excluding hydrogens is 286 g/mol. The van der Waals surface area contributed by atoms with Crippen LogP contribution in [0.25, 0.3) is 0 Å². The van der Waals surface area contributed by atoms with Crippen molar-refractivity contribution < 1.29 is 19.4 Å². The normalized spacial score (nSPS) is 25.4. The second-order valence-electron chi connectivity index (χ2n) is 4.79. The fourth-order valence-electron chi connectivity index (χ4n) is 1.87. The summed E-state index contributed by atoms with van der Waals surface area (Å²) in [6.07, 6.45) is 0. The minimum Gasteiger partial charge on any atom is -0.481 e. The lowest BCUT2D eigenvalue weighted by Gasteiger charge is -2.25. The van der Waals surface area contributed by atoms with E-state index in [2.05, 4.69) is 15.6 Å². The molecule has 0 spiro atoms. The van der Waals surface area contributed by atoms with E-state index in [-0.39, 0.29) is 24.6 Å². The standard InChI is InChI=1S/C11H15N3O5S/c1-11(8(15)16)5-19-3-7(11)14-9(17)12-2-6-4-20-10(18)13-6/h4,7H,2-3,5H2,1H3,(H,13,18)(H,15,16)(H2,12,14,17). The molecule has 2 rings (SSSR count). The molecule has 2 heterocycles. The molecule has 1 aromatic rings. The molecule has 2 atom stereocenters. The molecular formula is C11H15N3O5S. The summed E-state index contributed by atoms with van der Waals surface area (Å²) in [5.41, 5.74) is -0.535. The van der Waals surface area contributed by atoms with Gasteiger partial charge in [0.15, 0.2) is 0 Å². The molecule has 1 saturated heterocycles. The van der Waals surface area contributed by atoms with E-state index in [1.54, 1.807) is 5.38 Å². The Morgan fingerprint density at radius 3 is 3.00 bits per heavy atom. The Morgan fingerprint density at radius 1 is 1.65 bits per heavy atom. The molecule has 1 fully saturated rings. The number of amides is 2. The van der Waals surface area contributed by atoms with Crippen LogP contribution in [0, 0.1) is 5.41 Å². The lowest BCUT2D eigenvalue weighted by atomic mass is 9.85. The van der Waals surface area contributed by atoms with Gasteiger partial charge >= 0.3 is 16.9 Å². The van der Waals surface area contributed by atoms with E-state index in [9.17, 15) is 19.5 Å². The number of hydrogen-bond acceptors (Lipinski definition) is 5. The molecule has 2 unspecified atom stereocenters. The molecule has 1 aliphatic rings. The Bertz CT molecular complexity index is 568. The van der Waals surface area contributed by atoms with Crippen molar-refractivity contribution in [2.24, 2.45) is 5.41 Å². The molecule has 20 heavy (non-hydrogen) atoms. The van der Waals surface area contributed by atoms with Gasteiger partial charge in [0.2, 0.25) is 0 Å². The molecule has 1 aromatic heterocycles. The highest BCUT2D eigenvalue weighted by Gasteiger charge is 2.47. The van der Waals surface area contributed by atoms with Crippen LogP contribution >= 0.6 is 11.3 Å². The number of thiazole rings is 1. The zero-order valence-corrected chi connectivity index (χ0v) is 11.6. The van der Waals surface area contributed by atoms with Gasteiger partial charge < -0.3 is 25.5 Å². The number of nitrogens with one attached hydrogen (secondary N) is 3. The number of ether oxygens (including phenoxy) is 1. The van der Waals surface area contributed by atoms with Crippen LogP contribution in [0.5, 0.6) is 0 Å². The zero-order chi connectivity index (χ0) is 14.8. The van der Waals surface area contributed by atoms with Gasteiger partial charge in [0.1, 0.15) is 5.41 Å². The van der Waals surface area contributed by atoms with Crippen LogP contribution in [0.15, 0.2) is 10.2 Å². The Hall–Kier alpha value is -1.87. The van der Waals surface area contributed by atoms with Gasteiger partial charge in [-0.05, 0) is 6.92 Å². The quantitative estimate of drug-likeness (QED) is 0.610. The van der Waals surface area contributed by atoms with Crippen molar-refractivity contribution in [1.82, 2.24) is 15.6 Å². The van der Waals surface area contributed by atoms with Gasteiger partial charge in [-0.2, -0.15) is 0 Å². The average molecular weight is 301 g/mol. The van der Waals surface area contributed by atoms with E-state index >= 15 is 0 Å². The van der Waals surface area contributed by atoms with Crippen molar-refractivity contribution in [3.63, 3.8) is 0 Å². The number of carbonyl (C=O) groups is 2. The Kier molecular flexibility index (Phi) is 4.09. The van der Waals surface area contributed by atoms with Crippen molar-refractivity contribution >= 4 is 23.3 Å². The molecule has 0 aromatic carbocycles. The second kappa shape index (κ2) is 5.63. The fourth-order valence-corrected chi connectivity index (χ4v) is 2.45. The number of carboxylic acids is 1. The van der Waals surface area contributed by atoms with Crippen LogP contribution in [0.2, 0.25) is 0 Å². The molecule has 1 aliphatic heterocycles. The van der Waals surface area contributed by atoms with Crippen LogP contribution < -0.4 is 15.5 Å². The van der Waals surface area contributed by atoms with Gasteiger partial charge in [-0.15, -0.1) is 0 Å². The molecule has 0 aliphatic carbocycles. The van der Waals surface area contributed by atoms with Crippen molar-refractivity contribution in [3.8, 4) is 0 Å². The number of carbonyl (C=O) groups excluding carboxylic acids is 1. The first-order valence-electron chi connectivity index (χ1n) is 5.94. The van der Waals surface area contributed by atoms with Crippen LogP contribution in [0.3, 0.4) is 0 Å². The van der Waals surface area contributed by atoms with Gasteiger partial charge in [0.05, 0.1) is 25.8 Å². The maximum absolute atomic E-state index is 11.7. The lowest BCUT2D eigenvalue weighted by Crippen LogP contribution is -2.52. The summed E-state index contributed by atoms with van der Waals surface area (Å²) in [5.74, 6) is -1.01. The van der Waals surface area contributed by atoms with Gasteiger partial charge in [0.25, 0.3) is 0 Å². The predicted molar refractivity (Wildman–Crippen MR) is 70.7 cm³/mol. The first-order valence-corrected chi connectivity index (χ1v) is 6.82. The van der Waals surface area contributed by atoms with E-state index in [1.807, 2.05) is 0 Å². The molecule has 0 saturated carbocycles. The third kappa shape index (κ3) is 2.99.